The summed E-state index contributed by atoms with van der Waals surface area (Å²) in [7, 11) is 1.96. The van der Waals surface area contributed by atoms with Gasteiger partial charge >= 0.3 is 0 Å². The van der Waals surface area contributed by atoms with Crippen molar-refractivity contribution in [3.05, 3.63) is 41.2 Å². The van der Waals surface area contributed by atoms with Crippen molar-refractivity contribution in [1.29, 1.82) is 0 Å². The first-order valence-electron chi connectivity index (χ1n) is 6.58. The highest BCUT2D eigenvalue weighted by atomic mass is 19.1. The van der Waals surface area contributed by atoms with Gasteiger partial charge in [0.1, 0.15) is 5.82 Å². The molecular weight excluding hydrogens is 225 g/mol. The van der Waals surface area contributed by atoms with Crippen molar-refractivity contribution in [3.8, 4) is 0 Å². The predicted octanol–water partition coefficient (Wildman–Crippen LogP) is 4.09. The van der Waals surface area contributed by atoms with Gasteiger partial charge in [-0.3, -0.25) is 0 Å². The zero-order valence-corrected chi connectivity index (χ0v) is 11.9. The average Bonchev–Trinajstić information content (AvgIpc) is 2.34. The molecule has 0 fully saturated rings. The quantitative estimate of drug-likeness (QED) is 0.749. The first-order chi connectivity index (χ1) is 8.47. The molecule has 1 nitrogen and oxygen atoms in total. The fourth-order valence-electron chi connectivity index (χ4n) is 2.05. The molecule has 1 rings (SSSR count). The largest absolute Gasteiger partial charge is 0.320 e. The monoisotopic (exact) mass is 249 g/mol. The lowest BCUT2D eigenvalue weighted by Crippen LogP contribution is -2.09. The van der Waals surface area contributed by atoms with Crippen molar-refractivity contribution in [2.75, 3.05) is 13.6 Å². The van der Waals surface area contributed by atoms with Crippen molar-refractivity contribution in [1.82, 2.24) is 5.32 Å². The molecule has 0 aliphatic heterocycles. The Balaban J connectivity index is 2.77. The molecule has 0 saturated carbocycles. The Hall–Kier alpha value is -1.15. The Morgan fingerprint density at radius 3 is 2.61 bits per heavy atom. The summed E-state index contributed by atoms with van der Waals surface area (Å²) in [6.45, 7) is 11.1. The third-order valence-corrected chi connectivity index (χ3v) is 3.63. The van der Waals surface area contributed by atoms with Crippen molar-refractivity contribution >= 4 is 5.57 Å². The Labute approximate surface area is 110 Å². The topological polar surface area (TPSA) is 12.0 Å². The molecule has 2 heteroatoms. The molecule has 18 heavy (non-hydrogen) atoms. The van der Waals surface area contributed by atoms with E-state index in [1.54, 1.807) is 6.07 Å². The third-order valence-electron chi connectivity index (χ3n) is 3.63. The van der Waals surface area contributed by atoms with Gasteiger partial charge in [0.2, 0.25) is 0 Å². The van der Waals surface area contributed by atoms with Gasteiger partial charge in [-0.2, -0.15) is 0 Å². The summed E-state index contributed by atoms with van der Waals surface area (Å²) in [5, 5.41) is 3.14. The van der Waals surface area contributed by atoms with E-state index in [2.05, 4.69) is 18.8 Å². The Bertz CT molecular complexity index is 400. The molecule has 1 aromatic carbocycles. The summed E-state index contributed by atoms with van der Waals surface area (Å²) in [6, 6.07) is 3.65. The van der Waals surface area contributed by atoms with Crippen LogP contribution in [-0.4, -0.2) is 13.6 Å². The standard InChI is InChI=1S/C16H24FN/c1-11(7-6-8-18-5)13(3)15-9-12(2)14(4)16(17)10-15/h9-11,18H,3,6-8H2,1-2,4-5H3. The molecular formula is C16H24FN. The molecule has 1 unspecified atom stereocenters. The summed E-state index contributed by atoms with van der Waals surface area (Å²) < 4.78 is 13.7. The van der Waals surface area contributed by atoms with Gasteiger partial charge in [-0.25, -0.2) is 4.39 Å². The molecule has 0 radical (unpaired) electrons. The van der Waals surface area contributed by atoms with E-state index in [-0.39, 0.29) is 5.82 Å². The lowest BCUT2D eigenvalue weighted by atomic mass is 9.90. The Morgan fingerprint density at radius 2 is 2.06 bits per heavy atom. The molecule has 0 bridgehead atoms. The third kappa shape index (κ3) is 3.67. The van der Waals surface area contributed by atoms with E-state index in [0.29, 0.717) is 5.92 Å². The van der Waals surface area contributed by atoms with E-state index in [1.165, 1.54) is 0 Å². The Morgan fingerprint density at radius 1 is 1.39 bits per heavy atom. The second-order valence-electron chi connectivity index (χ2n) is 5.07. The van der Waals surface area contributed by atoms with Crippen molar-refractivity contribution in [3.63, 3.8) is 0 Å². The summed E-state index contributed by atoms with van der Waals surface area (Å²) >= 11 is 0. The lowest BCUT2D eigenvalue weighted by molar-refractivity contribution is 0.594. The number of rotatable bonds is 6. The van der Waals surface area contributed by atoms with Gasteiger partial charge < -0.3 is 5.32 Å². The molecule has 0 amide bonds. The maximum absolute atomic E-state index is 13.7. The van der Waals surface area contributed by atoms with Gasteiger partial charge in [0.15, 0.2) is 0 Å². The number of allylic oxidation sites excluding steroid dienone is 1. The van der Waals surface area contributed by atoms with E-state index in [0.717, 1.165) is 41.6 Å². The van der Waals surface area contributed by atoms with E-state index in [9.17, 15) is 4.39 Å². The molecule has 1 atom stereocenters. The van der Waals surface area contributed by atoms with Crippen LogP contribution in [0.15, 0.2) is 18.7 Å². The van der Waals surface area contributed by atoms with Crippen molar-refractivity contribution in [2.24, 2.45) is 5.92 Å². The molecule has 1 N–H and O–H groups in total. The van der Waals surface area contributed by atoms with Crippen LogP contribution < -0.4 is 5.32 Å². The van der Waals surface area contributed by atoms with Gasteiger partial charge in [-0.05, 0) is 74.5 Å². The van der Waals surface area contributed by atoms with Crippen LogP contribution in [0.1, 0.15) is 36.5 Å². The number of benzene rings is 1. The normalized spacial score (nSPS) is 12.5. The van der Waals surface area contributed by atoms with Crippen LogP contribution >= 0.6 is 0 Å². The van der Waals surface area contributed by atoms with Crippen LogP contribution in [0, 0.1) is 25.6 Å². The van der Waals surface area contributed by atoms with Gasteiger partial charge in [0.05, 0.1) is 0 Å². The molecule has 0 saturated heterocycles. The van der Waals surface area contributed by atoms with E-state index < -0.39 is 0 Å². The Kier molecular flexibility index (Phi) is 5.54. The smallest absolute Gasteiger partial charge is 0.126 e. The first-order valence-corrected chi connectivity index (χ1v) is 6.58. The second kappa shape index (κ2) is 6.69. The molecule has 0 aliphatic carbocycles. The van der Waals surface area contributed by atoms with Crippen LogP contribution in [-0.2, 0) is 0 Å². The number of hydrogen-bond acceptors (Lipinski definition) is 1. The molecule has 1 aromatic rings. The SMILES string of the molecule is C=C(c1cc(C)c(C)c(F)c1)C(C)CCCNC. The van der Waals surface area contributed by atoms with E-state index in [1.807, 2.05) is 27.0 Å². The highest BCUT2D eigenvalue weighted by Crippen LogP contribution is 2.27. The van der Waals surface area contributed by atoms with Gasteiger partial charge in [-0.1, -0.05) is 19.6 Å². The zero-order valence-electron chi connectivity index (χ0n) is 11.9. The summed E-state index contributed by atoms with van der Waals surface area (Å²) in [5.74, 6) is 0.258. The summed E-state index contributed by atoms with van der Waals surface area (Å²) in [6.07, 6.45) is 2.19. The number of hydrogen-bond donors (Lipinski definition) is 1. The number of aryl methyl sites for hydroxylation is 1. The van der Waals surface area contributed by atoms with E-state index in [4.69, 9.17) is 0 Å². The number of nitrogens with one attached hydrogen (secondary N) is 1. The number of halogens is 1. The average molecular weight is 249 g/mol. The summed E-state index contributed by atoms with van der Waals surface area (Å²) in [4.78, 5) is 0. The zero-order chi connectivity index (χ0) is 13.7. The fraction of sp³-hybridized carbons (Fsp3) is 0.500. The van der Waals surface area contributed by atoms with Gasteiger partial charge in [0.25, 0.3) is 0 Å². The molecule has 0 spiro atoms. The van der Waals surface area contributed by atoms with Crippen LogP contribution in [0.3, 0.4) is 0 Å². The minimum atomic E-state index is -0.131. The van der Waals surface area contributed by atoms with Gasteiger partial charge in [-0.15, -0.1) is 0 Å². The van der Waals surface area contributed by atoms with Crippen molar-refractivity contribution in [2.45, 2.75) is 33.6 Å². The predicted molar refractivity (Wildman–Crippen MR) is 77.2 cm³/mol. The molecule has 0 aliphatic rings. The maximum atomic E-state index is 13.7. The second-order valence-corrected chi connectivity index (χ2v) is 5.07. The van der Waals surface area contributed by atoms with Gasteiger partial charge in [0, 0.05) is 0 Å². The van der Waals surface area contributed by atoms with Crippen molar-refractivity contribution < 1.29 is 4.39 Å². The minimum Gasteiger partial charge on any atom is -0.320 e. The van der Waals surface area contributed by atoms with Crippen LogP contribution in [0.2, 0.25) is 0 Å². The van der Waals surface area contributed by atoms with E-state index >= 15 is 0 Å². The lowest BCUT2D eigenvalue weighted by Gasteiger charge is -2.16. The molecule has 0 heterocycles. The first kappa shape index (κ1) is 14.9. The molecule has 100 valence electrons. The molecule has 0 aromatic heterocycles. The fourth-order valence-corrected chi connectivity index (χ4v) is 2.05. The van der Waals surface area contributed by atoms with Crippen LogP contribution in [0.25, 0.3) is 5.57 Å². The minimum absolute atomic E-state index is 0.131. The van der Waals surface area contributed by atoms with Crippen LogP contribution in [0.5, 0.6) is 0 Å². The maximum Gasteiger partial charge on any atom is 0.126 e. The van der Waals surface area contributed by atoms with Crippen LogP contribution in [0.4, 0.5) is 4.39 Å². The highest BCUT2D eigenvalue weighted by molar-refractivity contribution is 5.66. The highest BCUT2D eigenvalue weighted by Gasteiger charge is 2.11. The summed E-state index contributed by atoms with van der Waals surface area (Å²) in [5.41, 5.74) is 3.70.